The number of aromatic nitrogens is 2. The van der Waals surface area contributed by atoms with Gasteiger partial charge in [0, 0.05) is 32.4 Å². The number of piperidine rings is 1. The smallest absolute Gasteiger partial charge is 0.319 e. The van der Waals surface area contributed by atoms with Crippen LogP contribution in [-0.2, 0) is 0 Å². The Balaban J connectivity index is 1.55. The molecule has 3 rings (SSSR count). The first kappa shape index (κ1) is 12.3. The van der Waals surface area contributed by atoms with E-state index in [1.54, 1.807) is 0 Å². The van der Waals surface area contributed by atoms with E-state index in [1.165, 1.54) is 0 Å². The van der Waals surface area contributed by atoms with Gasteiger partial charge in [-0.1, -0.05) is 0 Å². The number of carbonyl (C=O) groups excluding carboxylic acids is 1. The first-order valence-electron chi connectivity index (χ1n) is 7.08. The number of hydrogen-bond donors (Lipinski definition) is 1. The molecule has 2 aliphatic heterocycles. The van der Waals surface area contributed by atoms with Gasteiger partial charge in [-0.15, -0.1) is 0 Å². The lowest BCUT2D eigenvalue weighted by Crippen LogP contribution is -2.45. The van der Waals surface area contributed by atoms with E-state index in [0.717, 1.165) is 51.9 Å². The highest BCUT2D eigenvalue weighted by atomic mass is 16.2. The molecule has 2 amide bonds. The summed E-state index contributed by atoms with van der Waals surface area (Å²) in [5, 5.41) is 4.26. The van der Waals surface area contributed by atoms with Crippen molar-refractivity contribution in [2.75, 3.05) is 31.9 Å². The standard InChI is InChI=1S/C13H21N5O/c14-12-5-10-18(15-12)11-3-8-17(9-4-11)13(19)16-6-1-2-7-16/h5,10-11H,1-4,6-9H2,(H2,14,15). The molecule has 2 N–H and O–H groups in total. The second kappa shape index (κ2) is 5.11. The Kier molecular flexibility index (Phi) is 3.31. The Morgan fingerprint density at radius 2 is 1.79 bits per heavy atom. The first-order valence-corrected chi connectivity index (χ1v) is 7.08. The predicted octanol–water partition coefficient (Wildman–Crippen LogP) is 1.32. The van der Waals surface area contributed by atoms with Crippen molar-refractivity contribution >= 4 is 11.8 Å². The summed E-state index contributed by atoms with van der Waals surface area (Å²) >= 11 is 0. The summed E-state index contributed by atoms with van der Waals surface area (Å²) in [4.78, 5) is 16.2. The number of nitrogens with zero attached hydrogens (tertiary/aromatic N) is 4. The Morgan fingerprint density at radius 1 is 1.16 bits per heavy atom. The van der Waals surface area contributed by atoms with E-state index in [1.807, 2.05) is 26.7 Å². The molecule has 6 nitrogen and oxygen atoms in total. The number of urea groups is 1. The fourth-order valence-corrected chi connectivity index (χ4v) is 2.99. The van der Waals surface area contributed by atoms with Crippen LogP contribution in [-0.4, -0.2) is 51.8 Å². The molecule has 2 fully saturated rings. The summed E-state index contributed by atoms with van der Waals surface area (Å²) in [6.45, 7) is 3.49. The van der Waals surface area contributed by atoms with Crippen LogP contribution in [0, 0.1) is 0 Å². The van der Waals surface area contributed by atoms with Crippen LogP contribution in [0.4, 0.5) is 10.6 Å². The number of nitrogen functional groups attached to an aromatic ring is 1. The lowest BCUT2D eigenvalue weighted by Gasteiger charge is -2.34. The molecule has 2 aliphatic rings. The number of rotatable bonds is 1. The molecule has 0 radical (unpaired) electrons. The maximum Gasteiger partial charge on any atom is 0.319 e. The molecule has 0 spiro atoms. The van der Waals surface area contributed by atoms with Crippen LogP contribution in [0.1, 0.15) is 31.7 Å². The Labute approximate surface area is 113 Å². The van der Waals surface area contributed by atoms with Crippen LogP contribution in [0.5, 0.6) is 0 Å². The number of nitrogens with two attached hydrogens (primary N) is 1. The zero-order chi connectivity index (χ0) is 13.2. The van der Waals surface area contributed by atoms with Crippen LogP contribution in [0.3, 0.4) is 0 Å². The van der Waals surface area contributed by atoms with Gasteiger partial charge in [0.2, 0.25) is 0 Å². The summed E-state index contributed by atoms with van der Waals surface area (Å²) in [6.07, 6.45) is 6.14. The second-order valence-corrected chi connectivity index (χ2v) is 5.42. The van der Waals surface area contributed by atoms with Crippen LogP contribution in [0.15, 0.2) is 12.3 Å². The number of hydrogen-bond acceptors (Lipinski definition) is 3. The van der Waals surface area contributed by atoms with Gasteiger partial charge < -0.3 is 15.5 Å². The molecule has 0 aromatic carbocycles. The van der Waals surface area contributed by atoms with Crippen molar-refractivity contribution in [1.82, 2.24) is 19.6 Å². The number of likely N-dealkylation sites (tertiary alicyclic amines) is 2. The van der Waals surface area contributed by atoms with Crippen molar-refractivity contribution in [2.24, 2.45) is 0 Å². The molecule has 0 aliphatic carbocycles. The minimum atomic E-state index is 0.218. The lowest BCUT2D eigenvalue weighted by atomic mass is 10.1. The van der Waals surface area contributed by atoms with E-state index >= 15 is 0 Å². The third kappa shape index (κ3) is 2.52. The fourth-order valence-electron chi connectivity index (χ4n) is 2.99. The van der Waals surface area contributed by atoms with Gasteiger partial charge in [0.1, 0.15) is 5.82 Å². The van der Waals surface area contributed by atoms with Crippen LogP contribution >= 0.6 is 0 Å². The zero-order valence-corrected chi connectivity index (χ0v) is 11.2. The lowest BCUT2D eigenvalue weighted by molar-refractivity contribution is 0.139. The van der Waals surface area contributed by atoms with Gasteiger partial charge in [0.25, 0.3) is 0 Å². The Hall–Kier alpha value is -1.72. The molecule has 19 heavy (non-hydrogen) atoms. The largest absolute Gasteiger partial charge is 0.382 e. The molecule has 1 aromatic rings. The van der Waals surface area contributed by atoms with E-state index < -0.39 is 0 Å². The van der Waals surface area contributed by atoms with E-state index in [4.69, 9.17) is 5.73 Å². The van der Waals surface area contributed by atoms with E-state index in [9.17, 15) is 4.79 Å². The molecule has 104 valence electrons. The number of anilines is 1. The first-order chi connectivity index (χ1) is 9.24. The minimum Gasteiger partial charge on any atom is -0.382 e. The molecule has 0 unspecified atom stereocenters. The van der Waals surface area contributed by atoms with E-state index in [0.29, 0.717) is 11.9 Å². The Bertz CT molecular complexity index is 444. The third-order valence-corrected chi connectivity index (χ3v) is 4.11. The van der Waals surface area contributed by atoms with Gasteiger partial charge in [-0.2, -0.15) is 5.10 Å². The van der Waals surface area contributed by atoms with E-state index in [-0.39, 0.29) is 6.03 Å². The van der Waals surface area contributed by atoms with Crippen LogP contribution < -0.4 is 5.73 Å². The summed E-state index contributed by atoms with van der Waals surface area (Å²) in [5.41, 5.74) is 5.64. The summed E-state index contributed by atoms with van der Waals surface area (Å²) in [5.74, 6) is 0.565. The predicted molar refractivity (Wildman–Crippen MR) is 72.7 cm³/mol. The van der Waals surface area contributed by atoms with Crippen molar-refractivity contribution in [3.63, 3.8) is 0 Å². The average molecular weight is 263 g/mol. The van der Waals surface area contributed by atoms with Gasteiger partial charge in [-0.05, 0) is 31.7 Å². The molecule has 0 saturated carbocycles. The number of carbonyl (C=O) groups is 1. The molecular weight excluding hydrogens is 242 g/mol. The topological polar surface area (TPSA) is 67.4 Å². The van der Waals surface area contributed by atoms with Gasteiger partial charge in [-0.3, -0.25) is 4.68 Å². The summed E-state index contributed by atoms with van der Waals surface area (Å²) in [7, 11) is 0. The van der Waals surface area contributed by atoms with Crippen LogP contribution in [0.25, 0.3) is 0 Å². The second-order valence-electron chi connectivity index (χ2n) is 5.42. The summed E-state index contributed by atoms with van der Waals surface area (Å²) in [6, 6.07) is 2.41. The minimum absolute atomic E-state index is 0.218. The normalized spacial score (nSPS) is 21.1. The SMILES string of the molecule is Nc1ccn(C2CCN(C(=O)N3CCCC3)CC2)n1. The highest BCUT2D eigenvalue weighted by molar-refractivity contribution is 5.74. The monoisotopic (exact) mass is 263 g/mol. The molecule has 0 atom stereocenters. The van der Waals surface area contributed by atoms with Crippen molar-refractivity contribution in [3.8, 4) is 0 Å². The van der Waals surface area contributed by atoms with Gasteiger partial charge in [0.05, 0.1) is 6.04 Å². The zero-order valence-electron chi connectivity index (χ0n) is 11.2. The van der Waals surface area contributed by atoms with Crippen molar-refractivity contribution in [2.45, 2.75) is 31.7 Å². The van der Waals surface area contributed by atoms with Crippen molar-refractivity contribution in [1.29, 1.82) is 0 Å². The molecule has 3 heterocycles. The molecule has 1 aromatic heterocycles. The van der Waals surface area contributed by atoms with Gasteiger partial charge >= 0.3 is 6.03 Å². The van der Waals surface area contributed by atoms with Gasteiger partial charge in [0.15, 0.2) is 0 Å². The fraction of sp³-hybridized carbons (Fsp3) is 0.692. The average Bonchev–Trinajstić information content (AvgIpc) is 3.09. The maximum absolute atomic E-state index is 12.3. The van der Waals surface area contributed by atoms with Gasteiger partial charge in [-0.25, -0.2) is 4.79 Å². The molecule has 6 heteroatoms. The maximum atomic E-state index is 12.3. The highest BCUT2D eigenvalue weighted by Crippen LogP contribution is 2.23. The number of amides is 2. The third-order valence-electron chi connectivity index (χ3n) is 4.11. The molecular formula is C13H21N5O. The van der Waals surface area contributed by atoms with Crippen molar-refractivity contribution in [3.05, 3.63) is 12.3 Å². The highest BCUT2D eigenvalue weighted by Gasteiger charge is 2.28. The Morgan fingerprint density at radius 3 is 2.37 bits per heavy atom. The molecule has 2 saturated heterocycles. The van der Waals surface area contributed by atoms with Crippen molar-refractivity contribution < 1.29 is 4.79 Å². The molecule has 0 bridgehead atoms. The van der Waals surface area contributed by atoms with Crippen LogP contribution in [0.2, 0.25) is 0 Å². The summed E-state index contributed by atoms with van der Waals surface area (Å²) < 4.78 is 1.94. The van der Waals surface area contributed by atoms with E-state index in [2.05, 4.69) is 5.10 Å². The quantitative estimate of drug-likeness (QED) is 0.831.